The van der Waals surface area contributed by atoms with Crippen LogP contribution in [-0.4, -0.2) is 63.2 Å². The van der Waals surface area contributed by atoms with Crippen LogP contribution < -0.4 is 14.2 Å². The Labute approximate surface area is 234 Å². The van der Waals surface area contributed by atoms with E-state index in [2.05, 4.69) is 38.7 Å². The van der Waals surface area contributed by atoms with Gasteiger partial charge < -0.3 is 28.9 Å². The third-order valence-electron chi connectivity index (χ3n) is 6.51. The van der Waals surface area contributed by atoms with Gasteiger partial charge in [0.2, 0.25) is 6.10 Å². The molecule has 0 saturated carbocycles. The topological polar surface area (TPSA) is 68.3 Å². The number of rotatable bonds is 8. The molecule has 5 rings (SSSR count). The van der Waals surface area contributed by atoms with Crippen LogP contribution in [0.25, 0.3) is 22.2 Å². The van der Waals surface area contributed by atoms with Crippen LogP contribution in [0.15, 0.2) is 65.8 Å². The molecule has 1 atom stereocenters. The monoisotopic (exact) mass is 533 g/mol. The molecule has 0 bridgehead atoms. The number of fused-ring (bicyclic) bond motifs is 5. The first-order chi connectivity index (χ1) is 19.5. The molecule has 0 fully saturated rings. The molecule has 202 valence electrons. The Balaban J connectivity index is 1.59. The largest absolute Gasteiger partial charge is 0.493 e. The number of hydrogen-bond acceptors (Lipinski definition) is 6. The summed E-state index contributed by atoms with van der Waals surface area (Å²) in [6, 6.07) is 19.6. The van der Waals surface area contributed by atoms with E-state index in [1.54, 1.807) is 21.1 Å². The van der Waals surface area contributed by atoms with Gasteiger partial charge >= 0.3 is 0 Å². The maximum atomic E-state index is 6.04. The Morgan fingerprint density at radius 2 is 1.68 bits per heavy atom. The Bertz CT molecular complexity index is 1680. The van der Waals surface area contributed by atoms with Gasteiger partial charge in [-0.2, -0.15) is 0 Å². The zero-order chi connectivity index (χ0) is 28.1. The van der Waals surface area contributed by atoms with Gasteiger partial charge in [-0.15, -0.1) is 5.92 Å². The lowest BCUT2D eigenvalue weighted by Crippen LogP contribution is -2.19. The summed E-state index contributed by atoms with van der Waals surface area (Å²) < 4.78 is 17.2. The number of oxime groups is 1. The van der Waals surface area contributed by atoms with Crippen molar-refractivity contribution >= 4 is 16.6 Å². The van der Waals surface area contributed by atoms with E-state index in [1.807, 2.05) is 74.8 Å². The molecule has 3 aromatic carbocycles. The molecule has 1 aromatic heterocycles. The summed E-state index contributed by atoms with van der Waals surface area (Å²) in [6.07, 6.45) is -0.708. The van der Waals surface area contributed by atoms with E-state index in [1.165, 1.54) is 0 Å². The molecule has 4 aromatic rings. The number of methoxy groups -OCH3 is 2. The van der Waals surface area contributed by atoms with E-state index in [9.17, 15) is 0 Å². The maximum Gasteiger partial charge on any atom is 0.248 e. The SMILES string of the molecule is CC#CC(C#Cc1ccccc1)ON=C1c2cc(OC)c(OC)cc2-c2[nH]c3ccc(OCCN(C)C)cc3c21. The minimum absolute atomic E-state index is 0.585. The van der Waals surface area contributed by atoms with Crippen molar-refractivity contribution in [3.8, 4) is 52.2 Å². The van der Waals surface area contributed by atoms with Crippen molar-refractivity contribution in [2.24, 2.45) is 5.16 Å². The second-order valence-corrected chi connectivity index (χ2v) is 9.44. The van der Waals surface area contributed by atoms with E-state index in [0.717, 1.165) is 51.1 Å². The molecule has 1 heterocycles. The summed E-state index contributed by atoms with van der Waals surface area (Å²) in [6.45, 7) is 3.16. The first-order valence-electron chi connectivity index (χ1n) is 13.0. The third-order valence-corrected chi connectivity index (χ3v) is 6.51. The molecule has 40 heavy (non-hydrogen) atoms. The van der Waals surface area contributed by atoms with Crippen LogP contribution in [0.1, 0.15) is 23.6 Å². The van der Waals surface area contributed by atoms with Gasteiger partial charge in [-0.3, -0.25) is 0 Å². The Morgan fingerprint density at radius 3 is 2.38 bits per heavy atom. The molecule has 7 nitrogen and oxygen atoms in total. The highest BCUT2D eigenvalue weighted by molar-refractivity contribution is 6.30. The Morgan fingerprint density at radius 1 is 0.925 bits per heavy atom. The molecule has 0 radical (unpaired) electrons. The number of nitrogens with one attached hydrogen (secondary N) is 1. The van der Waals surface area contributed by atoms with Gasteiger partial charge in [0.25, 0.3) is 0 Å². The standard InChI is InChI=1S/C33H31N3O4/c1-6-10-23(14-13-22-11-8-7-9-12-22)40-35-33-26-21-30(38-5)29(37-4)20-25(26)32-31(33)27-19-24(15-16-28(27)34-32)39-18-17-36(2)3/h7-9,11-12,15-16,19-21,23,34H,17-18H2,1-5H3. The smallest absolute Gasteiger partial charge is 0.248 e. The summed E-state index contributed by atoms with van der Waals surface area (Å²) in [4.78, 5) is 11.6. The van der Waals surface area contributed by atoms with Crippen LogP contribution in [-0.2, 0) is 4.84 Å². The number of likely N-dealkylation sites (N-methyl/N-ethyl adjacent to an activating group) is 1. The van der Waals surface area contributed by atoms with Crippen LogP contribution in [0, 0.1) is 23.7 Å². The van der Waals surface area contributed by atoms with Gasteiger partial charge in [0, 0.05) is 39.7 Å². The minimum atomic E-state index is -0.708. The number of H-pyrrole nitrogens is 1. The number of aromatic nitrogens is 1. The molecule has 0 spiro atoms. The van der Waals surface area contributed by atoms with Crippen molar-refractivity contribution in [2.45, 2.75) is 13.0 Å². The maximum absolute atomic E-state index is 6.04. The molecular weight excluding hydrogens is 502 g/mol. The van der Waals surface area contributed by atoms with Gasteiger partial charge in [0.15, 0.2) is 11.5 Å². The molecular formula is C33H31N3O4. The van der Waals surface area contributed by atoms with Crippen LogP contribution in [0.2, 0.25) is 0 Å². The lowest BCUT2D eigenvalue weighted by atomic mass is 10.1. The van der Waals surface area contributed by atoms with E-state index in [0.29, 0.717) is 23.8 Å². The fourth-order valence-electron chi connectivity index (χ4n) is 4.56. The second kappa shape index (κ2) is 11.9. The first-order valence-corrected chi connectivity index (χ1v) is 13.0. The average molecular weight is 534 g/mol. The van der Waals surface area contributed by atoms with Gasteiger partial charge in [-0.1, -0.05) is 29.3 Å². The second-order valence-electron chi connectivity index (χ2n) is 9.44. The zero-order valence-corrected chi connectivity index (χ0v) is 23.3. The molecule has 0 aliphatic heterocycles. The van der Waals surface area contributed by atoms with E-state index >= 15 is 0 Å². The predicted octanol–water partition coefficient (Wildman–Crippen LogP) is 5.32. The number of hydrogen-bond donors (Lipinski definition) is 1. The van der Waals surface area contributed by atoms with Gasteiger partial charge in [-0.25, -0.2) is 0 Å². The molecule has 0 saturated heterocycles. The predicted molar refractivity (Wildman–Crippen MR) is 158 cm³/mol. The summed E-state index contributed by atoms with van der Waals surface area (Å²) in [5.41, 5.74) is 6.14. The van der Waals surface area contributed by atoms with E-state index in [4.69, 9.17) is 19.0 Å². The van der Waals surface area contributed by atoms with Crippen LogP contribution in [0.5, 0.6) is 17.2 Å². The molecule has 1 aliphatic rings. The average Bonchev–Trinajstić information content (AvgIpc) is 3.48. The minimum Gasteiger partial charge on any atom is -0.493 e. The highest BCUT2D eigenvalue weighted by Gasteiger charge is 2.32. The van der Waals surface area contributed by atoms with Gasteiger partial charge in [-0.05, 0) is 75.3 Å². The quantitative estimate of drug-likeness (QED) is 0.216. The third kappa shape index (κ3) is 5.47. The lowest BCUT2D eigenvalue weighted by Gasteiger charge is -2.12. The van der Waals surface area contributed by atoms with Crippen molar-refractivity contribution in [1.29, 1.82) is 0 Å². The van der Waals surface area contributed by atoms with Crippen molar-refractivity contribution in [2.75, 3.05) is 41.5 Å². The van der Waals surface area contributed by atoms with Crippen LogP contribution in [0.3, 0.4) is 0 Å². The number of ether oxygens (including phenoxy) is 3. The summed E-state index contributed by atoms with van der Waals surface area (Å²) in [7, 11) is 7.29. The molecule has 1 unspecified atom stereocenters. The van der Waals surface area contributed by atoms with Gasteiger partial charge in [0.1, 0.15) is 18.1 Å². The van der Waals surface area contributed by atoms with Crippen molar-refractivity contribution < 1.29 is 19.0 Å². The van der Waals surface area contributed by atoms with Gasteiger partial charge in [0.05, 0.1) is 19.9 Å². The van der Waals surface area contributed by atoms with E-state index in [-0.39, 0.29) is 0 Å². The summed E-state index contributed by atoms with van der Waals surface area (Å²) in [5.74, 6) is 14.1. The van der Waals surface area contributed by atoms with Crippen molar-refractivity contribution in [3.63, 3.8) is 0 Å². The van der Waals surface area contributed by atoms with Crippen LogP contribution >= 0.6 is 0 Å². The number of benzene rings is 3. The highest BCUT2D eigenvalue weighted by atomic mass is 16.6. The highest BCUT2D eigenvalue weighted by Crippen LogP contribution is 2.46. The normalized spacial score (nSPS) is 13.1. The molecule has 1 N–H and O–H groups in total. The fraction of sp³-hybridized carbons (Fsp3) is 0.242. The number of aromatic amines is 1. The molecule has 0 amide bonds. The zero-order valence-electron chi connectivity index (χ0n) is 23.3. The number of nitrogens with zero attached hydrogens (tertiary/aromatic N) is 2. The van der Waals surface area contributed by atoms with E-state index < -0.39 is 6.10 Å². The summed E-state index contributed by atoms with van der Waals surface area (Å²) in [5, 5.41) is 5.63. The first kappa shape index (κ1) is 26.7. The van der Waals surface area contributed by atoms with Crippen molar-refractivity contribution in [3.05, 3.63) is 77.4 Å². The fourth-order valence-corrected chi connectivity index (χ4v) is 4.56. The molecule has 1 aliphatic carbocycles. The van der Waals surface area contributed by atoms with Crippen molar-refractivity contribution in [1.82, 2.24) is 9.88 Å². The Kier molecular flexibility index (Phi) is 7.96. The Hall–Kier alpha value is -4.85. The summed E-state index contributed by atoms with van der Waals surface area (Å²) >= 11 is 0. The molecule has 7 heteroatoms. The lowest BCUT2D eigenvalue weighted by molar-refractivity contribution is 0.137. The van der Waals surface area contributed by atoms with Crippen LogP contribution in [0.4, 0.5) is 0 Å².